The highest BCUT2D eigenvalue weighted by Crippen LogP contribution is 2.49. The molecule has 1 saturated carbocycles. The zero-order valence-corrected chi connectivity index (χ0v) is 15.9. The van der Waals surface area contributed by atoms with Crippen LogP contribution in [0, 0.1) is 5.92 Å². The van der Waals surface area contributed by atoms with E-state index in [9.17, 15) is 13.2 Å². The van der Waals surface area contributed by atoms with Crippen molar-refractivity contribution in [2.75, 3.05) is 31.2 Å². The molecule has 2 atom stereocenters. The third kappa shape index (κ3) is 4.27. The predicted molar refractivity (Wildman–Crippen MR) is 102 cm³/mol. The number of rotatable bonds is 4. The average molecular weight is 393 g/mol. The first-order chi connectivity index (χ1) is 12.9. The number of ether oxygens (including phenoxy) is 1. The average Bonchev–Trinajstić information content (AvgIpc) is 3.39. The minimum atomic E-state index is -4.35. The van der Waals surface area contributed by atoms with Gasteiger partial charge in [-0.1, -0.05) is 30.8 Å². The highest BCUT2D eigenvalue weighted by Gasteiger charge is 2.38. The molecule has 2 aromatic carbocycles. The summed E-state index contributed by atoms with van der Waals surface area (Å²) in [5, 5.41) is 0. The smallest absolute Gasteiger partial charge is 0.378 e. The Hall–Kier alpha value is -1.66. The van der Waals surface area contributed by atoms with Crippen molar-refractivity contribution in [1.82, 2.24) is 0 Å². The minimum absolute atomic E-state index is 0.263. The van der Waals surface area contributed by atoms with E-state index in [1.54, 1.807) is 6.07 Å². The molecule has 2 nitrogen and oxygen atoms in total. The number of halogens is 3. The number of alkyl halides is 3. The summed E-state index contributed by atoms with van der Waals surface area (Å²) in [6, 6.07) is 12.6. The van der Waals surface area contributed by atoms with Crippen LogP contribution in [0.4, 0.5) is 18.9 Å². The summed E-state index contributed by atoms with van der Waals surface area (Å²) in [4.78, 5) is 3.28. The molecule has 1 heterocycles. The van der Waals surface area contributed by atoms with Crippen LogP contribution in [0.25, 0.3) is 0 Å². The van der Waals surface area contributed by atoms with Gasteiger partial charge in [-0.15, -0.1) is 0 Å². The summed E-state index contributed by atoms with van der Waals surface area (Å²) in [6.45, 7) is 5.04. The lowest BCUT2D eigenvalue weighted by atomic mass is 10.1. The van der Waals surface area contributed by atoms with Crippen LogP contribution < -0.4 is 4.90 Å². The SMILES string of the molecule is CC1CC1c1ccc(Sc2cccc(N3CCOCC3)c2)c(C(F)(F)F)c1. The van der Waals surface area contributed by atoms with E-state index in [0.717, 1.165) is 35.7 Å². The summed E-state index contributed by atoms with van der Waals surface area (Å²) in [7, 11) is 0. The molecule has 144 valence electrons. The lowest BCUT2D eigenvalue weighted by Gasteiger charge is -2.29. The van der Waals surface area contributed by atoms with Crippen LogP contribution in [0.1, 0.15) is 30.4 Å². The number of benzene rings is 2. The second-order valence-electron chi connectivity index (χ2n) is 7.27. The van der Waals surface area contributed by atoms with E-state index in [4.69, 9.17) is 4.74 Å². The number of morpholine rings is 1. The molecule has 0 amide bonds. The van der Waals surface area contributed by atoms with Crippen molar-refractivity contribution >= 4 is 17.4 Å². The molecule has 2 unspecified atom stereocenters. The van der Waals surface area contributed by atoms with Crippen LogP contribution >= 0.6 is 11.8 Å². The van der Waals surface area contributed by atoms with E-state index in [1.165, 1.54) is 17.8 Å². The van der Waals surface area contributed by atoms with Gasteiger partial charge in [-0.05, 0) is 54.2 Å². The fourth-order valence-corrected chi connectivity index (χ4v) is 4.57. The van der Waals surface area contributed by atoms with Gasteiger partial charge in [-0.2, -0.15) is 13.2 Å². The van der Waals surface area contributed by atoms with Crippen molar-refractivity contribution in [2.45, 2.75) is 35.2 Å². The largest absolute Gasteiger partial charge is 0.417 e. The fraction of sp³-hybridized carbons (Fsp3) is 0.429. The molecule has 0 aromatic heterocycles. The summed E-state index contributed by atoms with van der Waals surface area (Å²) >= 11 is 1.18. The van der Waals surface area contributed by atoms with Gasteiger partial charge in [-0.25, -0.2) is 0 Å². The summed E-state index contributed by atoms with van der Waals surface area (Å²) in [5.41, 5.74) is 1.31. The van der Waals surface area contributed by atoms with E-state index >= 15 is 0 Å². The molecule has 1 aliphatic carbocycles. The van der Waals surface area contributed by atoms with Crippen molar-refractivity contribution in [3.05, 3.63) is 53.6 Å². The fourth-order valence-electron chi connectivity index (χ4n) is 3.57. The molecule has 1 saturated heterocycles. The van der Waals surface area contributed by atoms with E-state index in [1.807, 2.05) is 30.3 Å². The molecule has 0 N–H and O–H groups in total. The highest BCUT2D eigenvalue weighted by molar-refractivity contribution is 7.99. The quantitative estimate of drug-likeness (QED) is 0.650. The Kier molecular flexibility index (Phi) is 5.12. The van der Waals surface area contributed by atoms with Crippen LogP contribution in [0.2, 0.25) is 0 Å². The number of anilines is 1. The normalized spacial score (nSPS) is 22.7. The maximum atomic E-state index is 13.6. The highest BCUT2D eigenvalue weighted by atomic mass is 32.2. The van der Waals surface area contributed by atoms with Crippen LogP contribution in [0.3, 0.4) is 0 Å². The van der Waals surface area contributed by atoms with Gasteiger partial charge in [0.15, 0.2) is 0 Å². The van der Waals surface area contributed by atoms with Gasteiger partial charge in [0.25, 0.3) is 0 Å². The summed E-state index contributed by atoms with van der Waals surface area (Å²) in [6.07, 6.45) is -3.37. The number of hydrogen-bond donors (Lipinski definition) is 0. The molecule has 4 rings (SSSR count). The summed E-state index contributed by atoms with van der Waals surface area (Å²) in [5.74, 6) is 0.754. The topological polar surface area (TPSA) is 12.5 Å². The van der Waals surface area contributed by atoms with Crippen molar-refractivity contribution < 1.29 is 17.9 Å². The number of nitrogens with zero attached hydrogens (tertiary/aromatic N) is 1. The summed E-state index contributed by atoms with van der Waals surface area (Å²) < 4.78 is 46.3. The second kappa shape index (κ2) is 7.40. The first kappa shape index (κ1) is 18.7. The Morgan fingerprint density at radius 1 is 1.07 bits per heavy atom. The van der Waals surface area contributed by atoms with E-state index in [0.29, 0.717) is 19.1 Å². The first-order valence-electron chi connectivity index (χ1n) is 9.23. The Morgan fingerprint density at radius 3 is 2.48 bits per heavy atom. The molecule has 0 bridgehead atoms. The lowest BCUT2D eigenvalue weighted by Crippen LogP contribution is -2.36. The third-order valence-electron chi connectivity index (χ3n) is 5.27. The molecular formula is C21H22F3NOS. The third-order valence-corrected chi connectivity index (χ3v) is 6.33. The molecule has 1 aliphatic heterocycles. The van der Waals surface area contributed by atoms with Gasteiger partial charge < -0.3 is 9.64 Å². The van der Waals surface area contributed by atoms with Gasteiger partial charge in [0.05, 0.1) is 18.8 Å². The molecule has 0 radical (unpaired) electrons. The molecule has 2 aromatic rings. The van der Waals surface area contributed by atoms with Crippen LogP contribution in [0.5, 0.6) is 0 Å². The molecule has 0 spiro atoms. The Balaban J connectivity index is 1.60. The minimum Gasteiger partial charge on any atom is -0.378 e. The maximum Gasteiger partial charge on any atom is 0.417 e. The van der Waals surface area contributed by atoms with Crippen LogP contribution in [-0.2, 0) is 10.9 Å². The van der Waals surface area contributed by atoms with Gasteiger partial charge in [0.1, 0.15) is 0 Å². The van der Waals surface area contributed by atoms with Crippen molar-refractivity contribution in [3.8, 4) is 0 Å². The Labute approximate surface area is 161 Å². The maximum absolute atomic E-state index is 13.6. The zero-order valence-electron chi connectivity index (χ0n) is 15.1. The molecule has 2 fully saturated rings. The second-order valence-corrected chi connectivity index (χ2v) is 8.39. The Morgan fingerprint density at radius 2 is 1.81 bits per heavy atom. The monoisotopic (exact) mass is 393 g/mol. The molecular weight excluding hydrogens is 371 g/mol. The van der Waals surface area contributed by atoms with Gasteiger partial charge in [-0.3, -0.25) is 0 Å². The molecule has 2 aliphatic rings. The van der Waals surface area contributed by atoms with E-state index in [2.05, 4.69) is 11.8 Å². The molecule has 6 heteroatoms. The van der Waals surface area contributed by atoms with Crippen molar-refractivity contribution in [3.63, 3.8) is 0 Å². The van der Waals surface area contributed by atoms with Crippen molar-refractivity contribution in [2.24, 2.45) is 5.92 Å². The zero-order chi connectivity index (χ0) is 19.0. The number of hydrogen-bond acceptors (Lipinski definition) is 3. The lowest BCUT2D eigenvalue weighted by molar-refractivity contribution is -0.139. The standard InChI is InChI=1S/C21H22F3NOS/c1-14-11-18(14)15-5-6-20(19(12-15)21(22,23)24)27-17-4-2-3-16(13-17)25-7-9-26-10-8-25/h2-6,12-14,18H,7-11H2,1H3. The van der Waals surface area contributed by atoms with E-state index in [-0.39, 0.29) is 10.8 Å². The van der Waals surface area contributed by atoms with Gasteiger partial charge >= 0.3 is 6.18 Å². The van der Waals surface area contributed by atoms with Crippen molar-refractivity contribution in [1.29, 1.82) is 0 Å². The van der Waals surface area contributed by atoms with Gasteiger partial charge in [0, 0.05) is 28.6 Å². The predicted octanol–water partition coefficient (Wildman–Crippen LogP) is 5.82. The van der Waals surface area contributed by atoms with E-state index < -0.39 is 11.7 Å². The van der Waals surface area contributed by atoms with Gasteiger partial charge in [0.2, 0.25) is 0 Å². The first-order valence-corrected chi connectivity index (χ1v) is 10.1. The van der Waals surface area contributed by atoms with Crippen LogP contribution in [0.15, 0.2) is 52.3 Å². The van der Waals surface area contributed by atoms with Crippen LogP contribution in [-0.4, -0.2) is 26.3 Å². The Bertz CT molecular complexity index is 817. The molecule has 27 heavy (non-hydrogen) atoms.